The quantitative estimate of drug-likeness (QED) is 0.188. The molecule has 0 bridgehead atoms. The monoisotopic (exact) mass is 503 g/mol. The van der Waals surface area contributed by atoms with E-state index >= 15 is 0 Å². The van der Waals surface area contributed by atoms with E-state index in [9.17, 15) is 14.9 Å². The van der Waals surface area contributed by atoms with Gasteiger partial charge in [0.25, 0.3) is 11.6 Å². The summed E-state index contributed by atoms with van der Waals surface area (Å²) in [6.45, 7) is 3.85. The summed E-state index contributed by atoms with van der Waals surface area (Å²) in [5.41, 5.74) is 3.35. The van der Waals surface area contributed by atoms with Crippen LogP contribution in [0, 0.1) is 17.0 Å². The lowest BCUT2D eigenvalue weighted by Gasteiger charge is -2.17. The molecule has 184 valence electrons. The van der Waals surface area contributed by atoms with Crippen LogP contribution in [0.3, 0.4) is 0 Å². The second-order valence-corrected chi connectivity index (χ2v) is 9.07. The van der Waals surface area contributed by atoms with Crippen LogP contribution in [-0.2, 0) is 5.75 Å². The molecule has 1 unspecified atom stereocenters. The zero-order chi connectivity index (χ0) is 25.7. The molecule has 0 saturated heterocycles. The minimum absolute atomic E-state index is 0.0140. The SMILES string of the molecule is COc1ccccc1C(=O)NC(C)c1nnc(SCc2cccc(C)c2)n1-c1ccc([N+](=O)[O-])cc1. The Hall–Kier alpha value is -4.18. The number of nitrogens with one attached hydrogen (secondary N) is 1. The van der Waals surface area contributed by atoms with Gasteiger partial charge in [-0.15, -0.1) is 10.2 Å². The van der Waals surface area contributed by atoms with Gasteiger partial charge in [0.1, 0.15) is 5.75 Å². The first-order valence-electron chi connectivity index (χ1n) is 11.2. The number of benzene rings is 3. The fraction of sp³-hybridized carbons (Fsp3) is 0.192. The van der Waals surface area contributed by atoms with Crippen LogP contribution < -0.4 is 10.1 Å². The van der Waals surface area contributed by atoms with Gasteiger partial charge in [0, 0.05) is 23.6 Å². The molecule has 10 heteroatoms. The standard InChI is InChI=1S/C26H25N5O4S/c1-17-7-6-8-19(15-17)16-36-26-29-28-24(30(26)20-11-13-21(14-12-20)31(33)34)18(2)27-25(32)22-9-4-5-10-23(22)35-3/h4-15,18H,16H2,1-3H3,(H,27,32). The number of rotatable bonds is 9. The number of non-ortho nitro benzene ring substituents is 1. The third-order valence-corrected chi connectivity index (χ3v) is 6.51. The van der Waals surface area contributed by atoms with Crippen LogP contribution in [0.4, 0.5) is 5.69 Å². The minimum Gasteiger partial charge on any atom is -0.496 e. The van der Waals surface area contributed by atoms with Gasteiger partial charge >= 0.3 is 0 Å². The molecule has 36 heavy (non-hydrogen) atoms. The summed E-state index contributed by atoms with van der Waals surface area (Å²) in [7, 11) is 1.51. The van der Waals surface area contributed by atoms with E-state index in [2.05, 4.69) is 21.6 Å². The van der Waals surface area contributed by atoms with Crippen molar-refractivity contribution in [3.63, 3.8) is 0 Å². The van der Waals surface area contributed by atoms with Gasteiger partial charge in [-0.05, 0) is 43.7 Å². The Balaban J connectivity index is 1.65. The van der Waals surface area contributed by atoms with Crippen LogP contribution in [-0.4, -0.2) is 32.7 Å². The Bertz CT molecular complexity index is 1390. The summed E-state index contributed by atoms with van der Waals surface area (Å²) in [5.74, 6) is 1.31. The molecule has 4 rings (SSSR count). The molecule has 1 aromatic heterocycles. The molecule has 0 aliphatic rings. The van der Waals surface area contributed by atoms with Crippen molar-refractivity contribution in [2.24, 2.45) is 0 Å². The molecule has 0 spiro atoms. The number of hydrogen-bond acceptors (Lipinski definition) is 7. The van der Waals surface area contributed by atoms with Crippen molar-refractivity contribution in [1.82, 2.24) is 20.1 Å². The van der Waals surface area contributed by atoms with Crippen molar-refractivity contribution < 1.29 is 14.5 Å². The maximum atomic E-state index is 13.0. The normalized spacial score (nSPS) is 11.6. The van der Waals surface area contributed by atoms with E-state index in [1.807, 2.05) is 36.6 Å². The second-order valence-electron chi connectivity index (χ2n) is 8.12. The number of carbonyl (C=O) groups excluding carboxylic acids is 1. The Kier molecular flexibility index (Phi) is 7.65. The fourth-order valence-corrected chi connectivity index (χ4v) is 4.64. The van der Waals surface area contributed by atoms with Crippen molar-refractivity contribution in [3.8, 4) is 11.4 Å². The Morgan fingerprint density at radius 2 is 1.86 bits per heavy atom. The van der Waals surface area contributed by atoms with E-state index in [1.165, 1.54) is 36.6 Å². The molecule has 1 atom stereocenters. The third kappa shape index (κ3) is 5.55. The fourth-order valence-electron chi connectivity index (χ4n) is 3.74. The van der Waals surface area contributed by atoms with E-state index < -0.39 is 11.0 Å². The molecule has 0 fully saturated rings. The van der Waals surface area contributed by atoms with Gasteiger partial charge in [0.05, 0.1) is 23.6 Å². The number of aryl methyl sites for hydroxylation is 1. The van der Waals surface area contributed by atoms with Crippen LogP contribution in [0.5, 0.6) is 5.75 Å². The molecule has 0 saturated carbocycles. The number of amides is 1. The van der Waals surface area contributed by atoms with Crippen molar-refractivity contribution >= 4 is 23.4 Å². The lowest BCUT2D eigenvalue weighted by molar-refractivity contribution is -0.384. The molecule has 1 amide bonds. The summed E-state index contributed by atoms with van der Waals surface area (Å²) < 4.78 is 7.13. The van der Waals surface area contributed by atoms with Crippen molar-refractivity contribution in [2.75, 3.05) is 7.11 Å². The number of aromatic nitrogens is 3. The Labute approximate surface area is 212 Å². The van der Waals surface area contributed by atoms with Gasteiger partial charge in [-0.3, -0.25) is 19.5 Å². The smallest absolute Gasteiger partial charge is 0.269 e. The second kappa shape index (κ2) is 11.0. The van der Waals surface area contributed by atoms with Crippen LogP contribution in [0.1, 0.15) is 40.3 Å². The molecule has 4 aromatic rings. The lowest BCUT2D eigenvalue weighted by atomic mass is 10.1. The van der Waals surface area contributed by atoms with Crippen molar-refractivity contribution in [2.45, 2.75) is 30.8 Å². The van der Waals surface area contributed by atoms with Crippen molar-refractivity contribution in [3.05, 3.63) is 105 Å². The zero-order valence-corrected chi connectivity index (χ0v) is 20.9. The van der Waals surface area contributed by atoms with Gasteiger partial charge in [0.15, 0.2) is 11.0 Å². The van der Waals surface area contributed by atoms with Gasteiger partial charge < -0.3 is 10.1 Å². The lowest BCUT2D eigenvalue weighted by Crippen LogP contribution is -2.29. The number of hydrogen-bond donors (Lipinski definition) is 1. The summed E-state index contributed by atoms with van der Waals surface area (Å²) >= 11 is 1.50. The first-order chi connectivity index (χ1) is 17.4. The van der Waals surface area contributed by atoms with Crippen LogP contribution >= 0.6 is 11.8 Å². The van der Waals surface area contributed by atoms with E-state index in [0.717, 1.165) is 5.56 Å². The molecule has 0 radical (unpaired) electrons. The molecular formula is C26H25N5O4S. The average Bonchev–Trinajstić information content (AvgIpc) is 3.31. The highest BCUT2D eigenvalue weighted by atomic mass is 32.2. The van der Waals surface area contributed by atoms with E-state index in [1.54, 1.807) is 36.4 Å². The number of carbonyl (C=O) groups is 1. The maximum absolute atomic E-state index is 13.0. The largest absolute Gasteiger partial charge is 0.496 e. The highest BCUT2D eigenvalue weighted by Crippen LogP contribution is 2.29. The zero-order valence-electron chi connectivity index (χ0n) is 20.0. The molecule has 3 aromatic carbocycles. The van der Waals surface area contributed by atoms with Gasteiger partial charge in [-0.2, -0.15) is 0 Å². The topological polar surface area (TPSA) is 112 Å². The van der Waals surface area contributed by atoms with Gasteiger partial charge in [-0.25, -0.2) is 0 Å². The number of nitrogens with zero attached hydrogens (tertiary/aromatic N) is 4. The van der Waals surface area contributed by atoms with E-state index in [4.69, 9.17) is 4.74 Å². The van der Waals surface area contributed by atoms with E-state index in [-0.39, 0.29) is 11.6 Å². The average molecular weight is 504 g/mol. The molecular weight excluding hydrogens is 478 g/mol. The Morgan fingerprint density at radius 1 is 1.11 bits per heavy atom. The number of ether oxygens (including phenoxy) is 1. The Morgan fingerprint density at radius 3 is 2.56 bits per heavy atom. The molecule has 0 aliphatic heterocycles. The summed E-state index contributed by atoms with van der Waals surface area (Å²) in [4.78, 5) is 23.7. The molecule has 9 nitrogen and oxygen atoms in total. The summed E-state index contributed by atoms with van der Waals surface area (Å²) in [6.07, 6.45) is 0. The molecule has 1 heterocycles. The number of thioether (sulfide) groups is 1. The number of para-hydroxylation sites is 1. The summed E-state index contributed by atoms with van der Waals surface area (Å²) in [6, 6.07) is 20.8. The number of nitro groups is 1. The maximum Gasteiger partial charge on any atom is 0.269 e. The van der Waals surface area contributed by atoms with Gasteiger partial charge in [-0.1, -0.05) is 53.7 Å². The van der Waals surface area contributed by atoms with Crippen LogP contribution in [0.2, 0.25) is 0 Å². The molecule has 0 aliphatic carbocycles. The van der Waals surface area contributed by atoms with E-state index in [0.29, 0.717) is 33.7 Å². The summed E-state index contributed by atoms with van der Waals surface area (Å²) in [5, 5.41) is 23.5. The predicted octanol–water partition coefficient (Wildman–Crippen LogP) is 5.28. The number of methoxy groups -OCH3 is 1. The first kappa shape index (κ1) is 24.9. The van der Waals surface area contributed by atoms with Crippen molar-refractivity contribution in [1.29, 1.82) is 0 Å². The predicted molar refractivity (Wildman–Crippen MR) is 138 cm³/mol. The highest BCUT2D eigenvalue weighted by Gasteiger charge is 2.23. The first-order valence-corrected chi connectivity index (χ1v) is 12.2. The minimum atomic E-state index is -0.515. The molecule has 1 N–H and O–H groups in total. The highest BCUT2D eigenvalue weighted by molar-refractivity contribution is 7.98. The van der Waals surface area contributed by atoms with Crippen LogP contribution in [0.15, 0.2) is 78.0 Å². The number of nitro benzene ring substituents is 1. The third-order valence-electron chi connectivity index (χ3n) is 5.51. The van der Waals surface area contributed by atoms with Gasteiger partial charge in [0.2, 0.25) is 0 Å². The van der Waals surface area contributed by atoms with Crippen LogP contribution in [0.25, 0.3) is 5.69 Å².